The Balaban J connectivity index is 1.60. The van der Waals surface area contributed by atoms with Gasteiger partial charge in [-0.3, -0.25) is 0 Å². The Bertz CT molecular complexity index is 532. The van der Waals surface area contributed by atoms with Crippen molar-refractivity contribution in [1.29, 1.82) is 0 Å². The quantitative estimate of drug-likeness (QED) is 0.481. The van der Waals surface area contributed by atoms with Crippen LogP contribution in [-0.4, -0.2) is 11.7 Å². The summed E-state index contributed by atoms with van der Waals surface area (Å²) in [5.41, 5.74) is 1.99. The average Bonchev–Trinajstić information content (AvgIpc) is 3.12. The molecule has 0 saturated heterocycles. The largest absolute Gasteiger partial charge is 0.338 e. The number of rotatable bonds is 3. The van der Waals surface area contributed by atoms with Crippen molar-refractivity contribution < 1.29 is 9.63 Å². The number of carbonyl (C=O) groups excluding carboxylic acids is 1. The molecule has 0 unspecified atom stereocenters. The highest BCUT2D eigenvalue weighted by Crippen LogP contribution is 2.65. The fourth-order valence-corrected chi connectivity index (χ4v) is 3.05. The minimum Gasteiger partial charge on any atom is -0.318 e. The highest BCUT2D eigenvalue weighted by molar-refractivity contribution is 9.10. The van der Waals surface area contributed by atoms with Crippen molar-refractivity contribution >= 4 is 27.6 Å². The molecule has 19 heavy (non-hydrogen) atoms. The van der Waals surface area contributed by atoms with E-state index < -0.39 is 0 Å². The number of benzene rings is 1. The minimum atomic E-state index is -0.156. The Kier molecular flexibility index (Phi) is 3.21. The monoisotopic (exact) mass is 321 g/mol. The maximum atomic E-state index is 11.9. The number of nitrogens with zero attached hydrogens (tertiary/aromatic N) is 1. The number of oxime groups is 1. The maximum absolute atomic E-state index is 11.9. The van der Waals surface area contributed by atoms with Gasteiger partial charge in [0.25, 0.3) is 0 Å². The van der Waals surface area contributed by atoms with Crippen LogP contribution in [0.3, 0.4) is 0 Å². The van der Waals surface area contributed by atoms with Crippen LogP contribution in [0.5, 0.6) is 0 Å². The first-order chi connectivity index (χ1) is 9.11. The van der Waals surface area contributed by atoms with Crippen LogP contribution >= 0.6 is 15.9 Å². The molecule has 3 rings (SSSR count). The van der Waals surface area contributed by atoms with Gasteiger partial charge in [-0.25, -0.2) is 4.79 Å². The third kappa shape index (κ3) is 2.46. The molecule has 2 saturated carbocycles. The maximum Gasteiger partial charge on any atom is 0.338 e. The summed E-state index contributed by atoms with van der Waals surface area (Å²) in [6.07, 6.45) is 4.62. The summed E-state index contributed by atoms with van der Waals surface area (Å²) in [6, 6.07) is 7.78. The standard InChI is InChI=1S/C15H16BrNO2/c1-10(11-3-5-12(16)6-4-11)17-19-14(18)13-9-15(13)7-2-8-15/h3-6,13H,2,7-9H2,1H3/b17-10-/t13-/m1/s1. The van der Waals surface area contributed by atoms with Gasteiger partial charge in [-0.2, -0.15) is 0 Å². The molecule has 3 nitrogen and oxygen atoms in total. The van der Waals surface area contributed by atoms with E-state index in [-0.39, 0.29) is 11.9 Å². The Morgan fingerprint density at radius 2 is 2.05 bits per heavy atom. The van der Waals surface area contributed by atoms with Crippen molar-refractivity contribution in [3.05, 3.63) is 34.3 Å². The predicted molar refractivity (Wildman–Crippen MR) is 76.8 cm³/mol. The van der Waals surface area contributed by atoms with Gasteiger partial charge in [-0.15, -0.1) is 0 Å². The molecule has 0 amide bonds. The van der Waals surface area contributed by atoms with Crippen molar-refractivity contribution in [2.45, 2.75) is 32.6 Å². The first kappa shape index (κ1) is 12.9. The molecule has 0 aromatic heterocycles. The van der Waals surface area contributed by atoms with Gasteiger partial charge in [0.1, 0.15) is 0 Å². The lowest BCUT2D eigenvalue weighted by Gasteiger charge is -2.25. The zero-order valence-corrected chi connectivity index (χ0v) is 12.4. The van der Waals surface area contributed by atoms with Crippen LogP contribution < -0.4 is 0 Å². The van der Waals surface area contributed by atoms with Crippen molar-refractivity contribution in [1.82, 2.24) is 0 Å². The number of carbonyl (C=O) groups is 1. The summed E-state index contributed by atoms with van der Waals surface area (Å²) in [5, 5.41) is 3.96. The SMILES string of the molecule is C/C(=N/OC(=O)[C@H]1CC12CCC2)c1ccc(Br)cc1. The van der Waals surface area contributed by atoms with Gasteiger partial charge in [0.2, 0.25) is 0 Å². The van der Waals surface area contributed by atoms with E-state index in [2.05, 4.69) is 21.1 Å². The van der Waals surface area contributed by atoms with Gasteiger partial charge in [0.05, 0.1) is 11.6 Å². The Morgan fingerprint density at radius 3 is 2.58 bits per heavy atom. The lowest BCUT2D eigenvalue weighted by molar-refractivity contribution is -0.146. The molecule has 0 aliphatic heterocycles. The third-order valence-corrected chi connectivity index (χ3v) is 4.89. The van der Waals surface area contributed by atoms with Crippen LogP contribution in [0.2, 0.25) is 0 Å². The molecule has 1 aromatic carbocycles. The first-order valence-corrected chi connectivity index (χ1v) is 7.41. The van der Waals surface area contributed by atoms with Crippen molar-refractivity contribution in [3.63, 3.8) is 0 Å². The van der Waals surface area contributed by atoms with Gasteiger partial charge < -0.3 is 4.84 Å². The molecular formula is C15H16BrNO2. The highest BCUT2D eigenvalue weighted by Gasteiger charge is 2.62. The summed E-state index contributed by atoms with van der Waals surface area (Å²) < 4.78 is 1.02. The summed E-state index contributed by atoms with van der Waals surface area (Å²) in [7, 11) is 0. The molecule has 100 valence electrons. The summed E-state index contributed by atoms with van der Waals surface area (Å²) >= 11 is 3.39. The van der Waals surface area contributed by atoms with Crippen LogP contribution in [0.4, 0.5) is 0 Å². The van der Waals surface area contributed by atoms with Gasteiger partial charge >= 0.3 is 5.97 Å². The normalized spacial score (nSPS) is 23.9. The zero-order chi connectivity index (χ0) is 13.5. The minimum absolute atomic E-state index is 0.0997. The van der Waals surface area contributed by atoms with Gasteiger partial charge in [-0.05, 0) is 49.3 Å². The molecule has 0 N–H and O–H groups in total. The summed E-state index contributed by atoms with van der Waals surface area (Å²) in [4.78, 5) is 16.9. The number of hydrogen-bond acceptors (Lipinski definition) is 3. The Labute approximate surface area is 121 Å². The Hall–Kier alpha value is -1.16. The fourth-order valence-electron chi connectivity index (χ4n) is 2.79. The number of halogens is 1. The van der Waals surface area contributed by atoms with E-state index in [1.165, 1.54) is 19.3 Å². The van der Waals surface area contributed by atoms with Gasteiger partial charge in [0.15, 0.2) is 0 Å². The molecule has 0 bridgehead atoms. The van der Waals surface area contributed by atoms with E-state index >= 15 is 0 Å². The lowest BCUT2D eigenvalue weighted by atomic mass is 9.80. The molecule has 2 fully saturated rings. The molecule has 2 aliphatic rings. The van der Waals surface area contributed by atoms with Crippen LogP contribution in [0.15, 0.2) is 33.9 Å². The highest BCUT2D eigenvalue weighted by atomic mass is 79.9. The molecule has 1 spiro atoms. The average molecular weight is 322 g/mol. The van der Waals surface area contributed by atoms with E-state index in [0.29, 0.717) is 5.41 Å². The van der Waals surface area contributed by atoms with Gasteiger partial charge in [0, 0.05) is 4.47 Å². The van der Waals surface area contributed by atoms with Crippen molar-refractivity contribution in [2.24, 2.45) is 16.5 Å². The van der Waals surface area contributed by atoms with E-state index in [1.807, 2.05) is 31.2 Å². The third-order valence-electron chi connectivity index (χ3n) is 4.36. The molecular weight excluding hydrogens is 306 g/mol. The second-order valence-electron chi connectivity index (χ2n) is 5.57. The van der Waals surface area contributed by atoms with Gasteiger partial charge in [-0.1, -0.05) is 39.6 Å². The van der Waals surface area contributed by atoms with Crippen molar-refractivity contribution in [3.8, 4) is 0 Å². The van der Waals surface area contributed by atoms with Crippen LogP contribution in [0, 0.1) is 11.3 Å². The fraction of sp³-hybridized carbons (Fsp3) is 0.467. The van der Waals surface area contributed by atoms with E-state index in [4.69, 9.17) is 4.84 Å². The van der Waals surface area contributed by atoms with Crippen LogP contribution in [-0.2, 0) is 9.63 Å². The lowest BCUT2D eigenvalue weighted by Crippen LogP contribution is -2.19. The zero-order valence-electron chi connectivity index (χ0n) is 10.9. The summed E-state index contributed by atoms with van der Waals surface area (Å²) in [6.45, 7) is 1.85. The topological polar surface area (TPSA) is 38.7 Å². The molecule has 1 aromatic rings. The van der Waals surface area contributed by atoms with Crippen LogP contribution in [0.1, 0.15) is 38.2 Å². The van der Waals surface area contributed by atoms with E-state index in [0.717, 1.165) is 22.2 Å². The molecule has 4 heteroatoms. The second-order valence-corrected chi connectivity index (χ2v) is 6.48. The Morgan fingerprint density at radius 1 is 1.37 bits per heavy atom. The molecule has 2 aliphatic carbocycles. The second kappa shape index (κ2) is 4.75. The number of hydrogen-bond donors (Lipinski definition) is 0. The van der Waals surface area contributed by atoms with E-state index in [9.17, 15) is 4.79 Å². The van der Waals surface area contributed by atoms with Crippen molar-refractivity contribution in [2.75, 3.05) is 0 Å². The molecule has 0 heterocycles. The van der Waals surface area contributed by atoms with Crippen LogP contribution in [0.25, 0.3) is 0 Å². The first-order valence-electron chi connectivity index (χ1n) is 6.62. The van der Waals surface area contributed by atoms with E-state index in [1.54, 1.807) is 0 Å². The smallest absolute Gasteiger partial charge is 0.318 e. The summed E-state index contributed by atoms with van der Waals surface area (Å²) in [5.74, 6) is -0.0566. The molecule has 1 atom stereocenters. The molecule has 0 radical (unpaired) electrons. The predicted octanol–water partition coefficient (Wildman–Crippen LogP) is 3.91.